The van der Waals surface area contributed by atoms with Crippen molar-refractivity contribution in [2.45, 2.75) is 69.2 Å². The number of hydrogen-bond donors (Lipinski definition) is 4. The molecule has 3 aromatic rings. The SMILES string of the molecule is CNc1cc(Nc2cccn([C@H]3CC[C@](C)(OC)CC3)c2=O)cc2c(C(=O)N[C@H]3CC[C@H]3O)cnn12. The van der Waals surface area contributed by atoms with Crippen LogP contribution in [0.2, 0.25) is 0 Å². The van der Waals surface area contributed by atoms with Gasteiger partial charge < -0.3 is 30.4 Å². The lowest BCUT2D eigenvalue weighted by Gasteiger charge is -2.36. The third-order valence-corrected chi connectivity index (χ3v) is 7.83. The van der Waals surface area contributed by atoms with Crippen LogP contribution >= 0.6 is 0 Å². The molecule has 2 atom stereocenters. The molecule has 4 N–H and O–H groups in total. The minimum Gasteiger partial charge on any atom is -0.391 e. The van der Waals surface area contributed by atoms with Gasteiger partial charge in [-0.25, -0.2) is 4.52 Å². The molecule has 2 fully saturated rings. The maximum Gasteiger partial charge on any atom is 0.274 e. The van der Waals surface area contributed by atoms with Gasteiger partial charge in [0.05, 0.1) is 35.0 Å². The summed E-state index contributed by atoms with van der Waals surface area (Å²) in [7, 11) is 3.52. The van der Waals surface area contributed by atoms with E-state index in [1.807, 2.05) is 22.9 Å². The summed E-state index contributed by atoms with van der Waals surface area (Å²) in [6, 6.07) is 7.20. The van der Waals surface area contributed by atoms with Gasteiger partial charge in [-0.2, -0.15) is 5.10 Å². The van der Waals surface area contributed by atoms with E-state index in [0.717, 1.165) is 32.1 Å². The summed E-state index contributed by atoms with van der Waals surface area (Å²) in [5.41, 5.74) is 1.92. The molecule has 0 aromatic carbocycles. The van der Waals surface area contributed by atoms with E-state index in [4.69, 9.17) is 4.74 Å². The van der Waals surface area contributed by atoms with Crippen molar-refractivity contribution in [1.29, 1.82) is 0 Å². The first-order chi connectivity index (χ1) is 17.3. The van der Waals surface area contributed by atoms with Crippen molar-refractivity contribution in [2.24, 2.45) is 0 Å². The molecule has 10 heteroatoms. The fraction of sp³-hybridized carbons (Fsp3) is 0.500. The number of carbonyl (C=O) groups excluding carboxylic acids is 1. The minimum absolute atomic E-state index is 0.0835. The van der Waals surface area contributed by atoms with Crippen LogP contribution in [0.15, 0.2) is 41.5 Å². The van der Waals surface area contributed by atoms with Crippen LogP contribution in [0.1, 0.15) is 61.8 Å². The van der Waals surface area contributed by atoms with E-state index in [-0.39, 0.29) is 29.2 Å². The molecule has 2 saturated carbocycles. The largest absolute Gasteiger partial charge is 0.391 e. The Labute approximate surface area is 209 Å². The molecule has 0 saturated heterocycles. The van der Waals surface area contributed by atoms with Gasteiger partial charge in [-0.3, -0.25) is 9.59 Å². The molecule has 0 unspecified atom stereocenters. The van der Waals surface area contributed by atoms with Crippen LogP contribution in [0.5, 0.6) is 0 Å². The summed E-state index contributed by atoms with van der Waals surface area (Å²) >= 11 is 0. The number of pyridine rings is 2. The summed E-state index contributed by atoms with van der Waals surface area (Å²) < 4.78 is 9.12. The summed E-state index contributed by atoms with van der Waals surface area (Å²) in [6.07, 6.45) is 7.90. The average Bonchev–Trinajstić information content (AvgIpc) is 3.32. The molecule has 0 aliphatic heterocycles. The standard InChI is InChI=1S/C26H34N6O4/c1-26(36-3)10-8-17(9-11-26)31-12-4-5-20(25(31)35)29-16-13-21-18(15-28-32(21)23(14-16)27-2)24(34)30-19-6-7-22(19)33/h4-5,12-15,17,19,22,27,29,33H,6-11H2,1-3H3,(H,30,34)/t17-,19-,22+,26-/m0/s1. The topological polar surface area (TPSA) is 122 Å². The number of hydrogen-bond acceptors (Lipinski definition) is 7. The minimum atomic E-state index is -0.506. The van der Waals surface area contributed by atoms with Gasteiger partial charge in [0, 0.05) is 38.1 Å². The Hall–Kier alpha value is -3.37. The van der Waals surface area contributed by atoms with E-state index in [1.165, 1.54) is 6.20 Å². The molecular weight excluding hydrogens is 460 g/mol. The normalized spacial score (nSPS) is 25.8. The summed E-state index contributed by atoms with van der Waals surface area (Å²) in [5.74, 6) is 0.385. The van der Waals surface area contributed by atoms with Gasteiger partial charge >= 0.3 is 0 Å². The van der Waals surface area contributed by atoms with Gasteiger partial charge in [-0.15, -0.1) is 0 Å². The molecule has 5 rings (SSSR count). The first-order valence-electron chi connectivity index (χ1n) is 12.5. The zero-order chi connectivity index (χ0) is 25.4. The van der Waals surface area contributed by atoms with E-state index in [2.05, 4.69) is 28.0 Å². The Morgan fingerprint density at radius 3 is 2.64 bits per heavy atom. The molecule has 2 aliphatic rings. The number of fused-ring (bicyclic) bond motifs is 1. The lowest BCUT2D eigenvalue weighted by atomic mass is 9.83. The molecule has 3 aromatic heterocycles. The van der Waals surface area contributed by atoms with Crippen molar-refractivity contribution >= 4 is 28.6 Å². The Kier molecular flexibility index (Phi) is 6.48. The first-order valence-corrected chi connectivity index (χ1v) is 12.5. The van der Waals surface area contributed by atoms with Crippen LogP contribution in [-0.2, 0) is 4.74 Å². The second kappa shape index (κ2) is 9.59. The Bertz CT molecular complexity index is 1320. The van der Waals surface area contributed by atoms with Crippen molar-refractivity contribution in [2.75, 3.05) is 24.8 Å². The predicted octanol–water partition coefficient (Wildman–Crippen LogP) is 3.05. The smallest absolute Gasteiger partial charge is 0.274 e. The highest BCUT2D eigenvalue weighted by atomic mass is 16.5. The quantitative estimate of drug-likeness (QED) is 0.398. The zero-order valence-corrected chi connectivity index (χ0v) is 21.0. The maximum atomic E-state index is 13.4. The first kappa shape index (κ1) is 24.3. The van der Waals surface area contributed by atoms with Gasteiger partial charge in [-0.05, 0) is 63.6 Å². The van der Waals surface area contributed by atoms with Crippen LogP contribution in [0, 0.1) is 0 Å². The van der Waals surface area contributed by atoms with Crippen molar-refractivity contribution < 1.29 is 14.6 Å². The van der Waals surface area contributed by atoms with Gasteiger partial charge in [0.15, 0.2) is 0 Å². The lowest BCUT2D eigenvalue weighted by molar-refractivity contribution is -0.0324. The van der Waals surface area contributed by atoms with E-state index in [9.17, 15) is 14.7 Å². The molecule has 192 valence electrons. The highest BCUT2D eigenvalue weighted by molar-refractivity contribution is 6.01. The van der Waals surface area contributed by atoms with Crippen molar-refractivity contribution in [1.82, 2.24) is 19.5 Å². The molecule has 0 bridgehead atoms. The van der Waals surface area contributed by atoms with Gasteiger partial charge in [0.25, 0.3) is 11.5 Å². The second-order valence-electron chi connectivity index (χ2n) is 10.1. The predicted molar refractivity (Wildman–Crippen MR) is 138 cm³/mol. The number of aliphatic hydroxyl groups is 1. The van der Waals surface area contributed by atoms with Crippen LogP contribution in [0.3, 0.4) is 0 Å². The molecule has 1 amide bonds. The van der Waals surface area contributed by atoms with Crippen LogP contribution in [-0.4, -0.2) is 57.1 Å². The van der Waals surface area contributed by atoms with Crippen LogP contribution in [0.25, 0.3) is 5.52 Å². The molecule has 2 aliphatic carbocycles. The second-order valence-corrected chi connectivity index (χ2v) is 10.1. The number of aliphatic hydroxyl groups excluding tert-OH is 1. The molecule has 3 heterocycles. The van der Waals surface area contributed by atoms with E-state index in [1.54, 1.807) is 30.8 Å². The average molecular weight is 495 g/mol. The monoisotopic (exact) mass is 494 g/mol. The number of anilines is 3. The summed E-state index contributed by atoms with van der Waals surface area (Å²) in [4.78, 5) is 26.3. The number of methoxy groups -OCH3 is 1. The van der Waals surface area contributed by atoms with Crippen LogP contribution < -0.4 is 21.5 Å². The number of ether oxygens (including phenoxy) is 1. The van der Waals surface area contributed by atoms with E-state index < -0.39 is 6.10 Å². The number of rotatable bonds is 7. The van der Waals surface area contributed by atoms with E-state index in [0.29, 0.717) is 34.7 Å². The molecular formula is C26H34N6O4. The highest BCUT2D eigenvalue weighted by Crippen LogP contribution is 2.36. The Morgan fingerprint density at radius 2 is 2.00 bits per heavy atom. The number of nitrogens with zero attached hydrogens (tertiary/aromatic N) is 3. The van der Waals surface area contributed by atoms with E-state index >= 15 is 0 Å². The fourth-order valence-electron chi connectivity index (χ4n) is 5.15. The highest BCUT2D eigenvalue weighted by Gasteiger charge is 2.32. The number of nitrogens with one attached hydrogen (secondary N) is 3. The third kappa shape index (κ3) is 4.46. The fourth-order valence-corrected chi connectivity index (χ4v) is 5.15. The number of carbonyl (C=O) groups is 1. The molecule has 36 heavy (non-hydrogen) atoms. The summed E-state index contributed by atoms with van der Waals surface area (Å²) in [6.45, 7) is 2.12. The molecule has 0 spiro atoms. The van der Waals surface area contributed by atoms with Gasteiger partial charge in [-0.1, -0.05) is 0 Å². The van der Waals surface area contributed by atoms with Crippen molar-refractivity contribution in [3.8, 4) is 0 Å². The molecule has 0 radical (unpaired) electrons. The van der Waals surface area contributed by atoms with Gasteiger partial charge in [0.2, 0.25) is 0 Å². The number of aromatic nitrogens is 3. The Morgan fingerprint density at radius 1 is 1.22 bits per heavy atom. The maximum absolute atomic E-state index is 13.4. The molecule has 10 nitrogen and oxygen atoms in total. The van der Waals surface area contributed by atoms with Crippen molar-refractivity contribution in [3.63, 3.8) is 0 Å². The third-order valence-electron chi connectivity index (χ3n) is 7.83. The van der Waals surface area contributed by atoms with Crippen LogP contribution in [0.4, 0.5) is 17.2 Å². The van der Waals surface area contributed by atoms with Gasteiger partial charge in [0.1, 0.15) is 11.5 Å². The van der Waals surface area contributed by atoms with Crippen molar-refractivity contribution in [3.05, 3.63) is 52.6 Å². The Balaban J connectivity index is 1.42. The lowest BCUT2D eigenvalue weighted by Crippen LogP contribution is -2.50. The zero-order valence-electron chi connectivity index (χ0n) is 21.0. The summed E-state index contributed by atoms with van der Waals surface area (Å²) in [5, 5.41) is 23.5. The number of amides is 1.